The van der Waals surface area contributed by atoms with Gasteiger partial charge in [0.2, 0.25) is 11.7 Å². The van der Waals surface area contributed by atoms with Crippen LogP contribution in [0, 0.1) is 5.92 Å². The van der Waals surface area contributed by atoms with Crippen LogP contribution in [0.3, 0.4) is 0 Å². The number of aromatic nitrogens is 2. The number of rotatable bonds is 4. The van der Waals surface area contributed by atoms with Crippen molar-refractivity contribution in [2.45, 2.75) is 57.0 Å². The smallest absolute Gasteiger partial charge is 0.232 e. The second-order valence-electron chi connectivity index (χ2n) is 6.74. The van der Waals surface area contributed by atoms with Gasteiger partial charge in [0.15, 0.2) is 0 Å². The normalized spacial score (nSPS) is 26.2. The van der Waals surface area contributed by atoms with E-state index in [2.05, 4.69) is 24.3 Å². The fourth-order valence-corrected chi connectivity index (χ4v) is 3.33. The van der Waals surface area contributed by atoms with Crippen LogP contribution < -0.4 is 5.32 Å². The Morgan fingerprint density at radius 1 is 1.35 bits per heavy atom. The first kappa shape index (κ1) is 14.0. The van der Waals surface area contributed by atoms with Crippen LogP contribution in [0.15, 0.2) is 4.52 Å². The van der Waals surface area contributed by atoms with Crippen molar-refractivity contribution in [3.05, 3.63) is 11.7 Å². The molecule has 1 saturated heterocycles. The Bertz CT molecular complexity index is 454. The highest BCUT2D eigenvalue weighted by Crippen LogP contribution is 2.44. The molecule has 1 aromatic rings. The summed E-state index contributed by atoms with van der Waals surface area (Å²) in [5.41, 5.74) is -0.375. The molecule has 5 nitrogen and oxygen atoms in total. The summed E-state index contributed by atoms with van der Waals surface area (Å²) in [7, 11) is 1.74. The van der Waals surface area contributed by atoms with E-state index in [1.165, 1.54) is 19.3 Å². The monoisotopic (exact) mass is 279 g/mol. The predicted octanol–water partition coefficient (Wildman–Crippen LogP) is 2.37. The van der Waals surface area contributed by atoms with Gasteiger partial charge in [-0.05, 0) is 51.1 Å². The fourth-order valence-electron chi connectivity index (χ4n) is 3.33. The van der Waals surface area contributed by atoms with Crippen molar-refractivity contribution in [3.63, 3.8) is 0 Å². The van der Waals surface area contributed by atoms with Gasteiger partial charge in [-0.1, -0.05) is 19.0 Å². The van der Waals surface area contributed by atoms with Crippen molar-refractivity contribution < 1.29 is 9.26 Å². The lowest BCUT2D eigenvalue weighted by molar-refractivity contribution is -0.0858. The van der Waals surface area contributed by atoms with Gasteiger partial charge >= 0.3 is 0 Å². The number of ether oxygens (including phenoxy) is 1. The van der Waals surface area contributed by atoms with Gasteiger partial charge in [-0.3, -0.25) is 0 Å². The highest BCUT2D eigenvalue weighted by Gasteiger charge is 2.45. The van der Waals surface area contributed by atoms with E-state index in [0.29, 0.717) is 5.92 Å². The highest BCUT2D eigenvalue weighted by molar-refractivity contribution is 5.11. The molecule has 112 valence electrons. The molecule has 0 spiro atoms. The molecule has 1 aliphatic heterocycles. The Balaban J connectivity index is 1.81. The second-order valence-corrected chi connectivity index (χ2v) is 6.74. The zero-order valence-corrected chi connectivity index (χ0v) is 12.7. The molecule has 1 saturated carbocycles. The van der Waals surface area contributed by atoms with Crippen LogP contribution >= 0.6 is 0 Å². The van der Waals surface area contributed by atoms with Gasteiger partial charge in [-0.25, -0.2) is 0 Å². The van der Waals surface area contributed by atoms with Crippen LogP contribution in [0.25, 0.3) is 0 Å². The highest BCUT2D eigenvalue weighted by atomic mass is 16.5. The average molecular weight is 279 g/mol. The van der Waals surface area contributed by atoms with Gasteiger partial charge in [0.1, 0.15) is 5.60 Å². The van der Waals surface area contributed by atoms with E-state index in [4.69, 9.17) is 14.2 Å². The molecule has 5 heteroatoms. The molecule has 2 aliphatic rings. The molecule has 0 amide bonds. The van der Waals surface area contributed by atoms with Crippen molar-refractivity contribution in [3.8, 4) is 0 Å². The van der Waals surface area contributed by atoms with Crippen LogP contribution in [-0.2, 0) is 15.8 Å². The van der Waals surface area contributed by atoms with Crippen LogP contribution in [0.5, 0.6) is 0 Å². The van der Waals surface area contributed by atoms with Crippen LogP contribution in [-0.4, -0.2) is 30.3 Å². The Labute approximate surface area is 120 Å². The summed E-state index contributed by atoms with van der Waals surface area (Å²) in [5, 5.41) is 7.68. The minimum Gasteiger partial charge on any atom is -0.370 e. The molecule has 2 heterocycles. The zero-order chi connectivity index (χ0) is 14.2. The van der Waals surface area contributed by atoms with Gasteiger partial charge < -0.3 is 14.6 Å². The van der Waals surface area contributed by atoms with Crippen molar-refractivity contribution in [1.29, 1.82) is 0 Å². The summed E-state index contributed by atoms with van der Waals surface area (Å²) in [5.74, 6) is 2.03. The first-order chi connectivity index (χ1) is 9.58. The maximum absolute atomic E-state index is 5.63. The lowest BCUT2D eigenvalue weighted by atomic mass is 9.74. The van der Waals surface area contributed by atoms with Gasteiger partial charge in [0, 0.05) is 12.5 Å². The van der Waals surface area contributed by atoms with E-state index in [1.54, 1.807) is 7.11 Å². The number of hydrogen-bond acceptors (Lipinski definition) is 5. The lowest BCUT2D eigenvalue weighted by Crippen LogP contribution is -2.41. The molecule has 3 rings (SSSR count). The number of hydrogen-bond donors (Lipinski definition) is 1. The van der Waals surface area contributed by atoms with E-state index in [9.17, 15) is 0 Å². The summed E-state index contributed by atoms with van der Waals surface area (Å²) < 4.78 is 11.2. The minimum atomic E-state index is -0.289. The second kappa shape index (κ2) is 5.11. The molecule has 1 unspecified atom stereocenters. The largest absolute Gasteiger partial charge is 0.370 e. The molecular weight excluding hydrogens is 254 g/mol. The summed E-state index contributed by atoms with van der Waals surface area (Å²) in [6.07, 6.45) is 5.60. The number of nitrogens with one attached hydrogen (secondary N) is 1. The number of methoxy groups -OCH3 is 1. The first-order valence-corrected chi connectivity index (χ1v) is 7.69. The fraction of sp³-hybridized carbons (Fsp3) is 0.867. The van der Waals surface area contributed by atoms with E-state index < -0.39 is 0 Å². The van der Waals surface area contributed by atoms with Crippen molar-refractivity contribution in [1.82, 2.24) is 15.5 Å². The average Bonchev–Trinajstić information content (AvgIpc) is 2.90. The van der Waals surface area contributed by atoms with Crippen LogP contribution in [0.2, 0.25) is 0 Å². The molecule has 0 bridgehead atoms. The van der Waals surface area contributed by atoms with Crippen LogP contribution in [0.4, 0.5) is 0 Å². The standard InChI is InChI=1S/C15H25N3O2/c1-14(2,11-6-4-9-16-10-11)13-17-12(18-20-13)15(19-3)7-5-8-15/h11,16H,4-10H2,1-3H3. The Morgan fingerprint density at radius 2 is 2.15 bits per heavy atom. The summed E-state index contributed by atoms with van der Waals surface area (Å²) in [6.45, 7) is 6.57. The van der Waals surface area contributed by atoms with Gasteiger partial charge in [-0.15, -0.1) is 0 Å². The Kier molecular flexibility index (Phi) is 3.58. The van der Waals surface area contributed by atoms with Gasteiger partial charge in [0.05, 0.1) is 0 Å². The third kappa shape index (κ3) is 2.17. The molecule has 2 fully saturated rings. The maximum atomic E-state index is 5.63. The minimum absolute atomic E-state index is 0.0860. The maximum Gasteiger partial charge on any atom is 0.232 e. The topological polar surface area (TPSA) is 60.2 Å². The molecular formula is C15H25N3O2. The Morgan fingerprint density at radius 3 is 2.70 bits per heavy atom. The van der Waals surface area contributed by atoms with E-state index in [-0.39, 0.29) is 11.0 Å². The summed E-state index contributed by atoms with van der Waals surface area (Å²) in [6, 6.07) is 0. The molecule has 20 heavy (non-hydrogen) atoms. The third-order valence-electron chi connectivity index (χ3n) is 5.25. The molecule has 0 radical (unpaired) electrons. The van der Waals surface area contributed by atoms with Crippen molar-refractivity contribution in [2.24, 2.45) is 5.92 Å². The van der Waals surface area contributed by atoms with Gasteiger partial charge in [0.25, 0.3) is 0 Å². The van der Waals surface area contributed by atoms with Gasteiger partial charge in [-0.2, -0.15) is 4.98 Å². The molecule has 1 atom stereocenters. The molecule has 0 aromatic carbocycles. The van der Waals surface area contributed by atoms with Crippen LogP contribution in [0.1, 0.15) is 57.7 Å². The Hall–Kier alpha value is -0.940. The quantitative estimate of drug-likeness (QED) is 0.917. The lowest BCUT2D eigenvalue weighted by Gasteiger charge is -2.37. The number of piperidine rings is 1. The SMILES string of the molecule is COC1(c2noc(C(C)(C)C3CCCNC3)n2)CCC1. The zero-order valence-electron chi connectivity index (χ0n) is 12.7. The van der Waals surface area contributed by atoms with E-state index >= 15 is 0 Å². The summed E-state index contributed by atoms with van der Waals surface area (Å²) >= 11 is 0. The van der Waals surface area contributed by atoms with E-state index in [1.807, 2.05) is 0 Å². The predicted molar refractivity (Wildman–Crippen MR) is 75.5 cm³/mol. The molecule has 1 aliphatic carbocycles. The van der Waals surface area contributed by atoms with Crippen molar-refractivity contribution in [2.75, 3.05) is 20.2 Å². The van der Waals surface area contributed by atoms with E-state index in [0.717, 1.165) is 37.6 Å². The number of nitrogens with zero attached hydrogens (tertiary/aromatic N) is 2. The summed E-state index contributed by atoms with van der Waals surface area (Å²) in [4.78, 5) is 4.69. The third-order valence-corrected chi connectivity index (χ3v) is 5.25. The van der Waals surface area contributed by atoms with Crippen molar-refractivity contribution >= 4 is 0 Å². The molecule has 1 N–H and O–H groups in total. The molecule has 1 aromatic heterocycles. The first-order valence-electron chi connectivity index (χ1n) is 7.69.